The van der Waals surface area contributed by atoms with Gasteiger partial charge < -0.3 is 14.8 Å². The minimum Gasteiger partial charge on any atom is -0.454 e. The molecule has 3 nitrogen and oxygen atoms in total. The first-order chi connectivity index (χ1) is 10.3. The van der Waals surface area contributed by atoms with E-state index in [1.807, 2.05) is 6.07 Å². The Morgan fingerprint density at radius 3 is 2.57 bits per heavy atom. The first-order valence-corrected chi connectivity index (χ1v) is 7.44. The zero-order chi connectivity index (χ0) is 14.7. The lowest BCUT2D eigenvalue weighted by molar-refractivity contribution is 0.174. The summed E-state index contributed by atoms with van der Waals surface area (Å²) in [4.78, 5) is 0. The second kappa shape index (κ2) is 6.19. The fourth-order valence-electron chi connectivity index (χ4n) is 2.64. The topological polar surface area (TPSA) is 30.5 Å². The molecule has 2 aromatic rings. The predicted octanol–water partition coefficient (Wildman–Crippen LogP) is 3.62. The number of rotatable bonds is 5. The summed E-state index contributed by atoms with van der Waals surface area (Å²) >= 11 is 0. The lowest BCUT2D eigenvalue weighted by atomic mass is 9.98. The molecule has 0 saturated heterocycles. The van der Waals surface area contributed by atoms with Crippen LogP contribution in [0.25, 0.3) is 0 Å². The number of nitrogens with one attached hydrogen (secondary N) is 1. The highest BCUT2D eigenvalue weighted by Gasteiger charge is 2.17. The van der Waals surface area contributed by atoms with Gasteiger partial charge in [-0.3, -0.25) is 0 Å². The first-order valence-electron chi connectivity index (χ1n) is 7.44. The zero-order valence-electron chi connectivity index (χ0n) is 12.6. The van der Waals surface area contributed by atoms with Crippen molar-refractivity contribution in [1.29, 1.82) is 0 Å². The Balaban J connectivity index is 1.82. The van der Waals surface area contributed by atoms with Crippen molar-refractivity contribution >= 4 is 0 Å². The summed E-state index contributed by atoms with van der Waals surface area (Å²) in [6.07, 6.45) is 0.966. The molecule has 2 aromatic carbocycles. The molecule has 0 bridgehead atoms. The Morgan fingerprint density at radius 2 is 1.81 bits per heavy atom. The van der Waals surface area contributed by atoms with E-state index >= 15 is 0 Å². The van der Waals surface area contributed by atoms with E-state index in [0.29, 0.717) is 6.79 Å². The van der Waals surface area contributed by atoms with E-state index in [-0.39, 0.29) is 6.04 Å². The fraction of sp³-hybridized carbons (Fsp3) is 0.333. The molecule has 1 aliphatic heterocycles. The average Bonchev–Trinajstić information content (AvgIpc) is 2.96. The van der Waals surface area contributed by atoms with Crippen molar-refractivity contribution in [3.8, 4) is 11.5 Å². The molecule has 0 saturated carbocycles. The van der Waals surface area contributed by atoms with Crippen LogP contribution in [0.15, 0.2) is 42.5 Å². The molecule has 0 aromatic heterocycles. The quantitative estimate of drug-likeness (QED) is 0.909. The van der Waals surface area contributed by atoms with Gasteiger partial charge in [0.1, 0.15) is 0 Å². The second-order valence-electron chi connectivity index (χ2n) is 5.41. The summed E-state index contributed by atoms with van der Waals surface area (Å²) in [7, 11) is 0. The van der Waals surface area contributed by atoms with Crippen LogP contribution in [-0.2, 0) is 6.42 Å². The van der Waals surface area contributed by atoms with Gasteiger partial charge in [-0.1, -0.05) is 42.8 Å². The molecule has 1 atom stereocenters. The van der Waals surface area contributed by atoms with Crippen LogP contribution >= 0.6 is 0 Å². The summed E-state index contributed by atoms with van der Waals surface area (Å²) in [6.45, 7) is 5.51. The smallest absolute Gasteiger partial charge is 0.231 e. The van der Waals surface area contributed by atoms with E-state index in [0.717, 1.165) is 24.5 Å². The fourth-order valence-corrected chi connectivity index (χ4v) is 2.64. The Kier molecular flexibility index (Phi) is 4.11. The van der Waals surface area contributed by atoms with Crippen LogP contribution < -0.4 is 14.8 Å². The molecule has 1 unspecified atom stereocenters. The van der Waals surface area contributed by atoms with Crippen LogP contribution in [0, 0.1) is 6.92 Å². The number of hydrogen-bond donors (Lipinski definition) is 1. The summed E-state index contributed by atoms with van der Waals surface area (Å²) in [5, 5.41) is 3.56. The number of fused-ring (bicyclic) bond motifs is 1. The summed E-state index contributed by atoms with van der Waals surface area (Å²) < 4.78 is 10.9. The van der Waals surface area contributed by atoms with Gasteiger partial charge in [-0.05, 0) is 43.1 Å². The van der Waals surface area contributed by atoms with Crippen molar-refractivity contribution in [2.24, 2.45) is 0 Å². The molecule has 1 heterocycles. The van der Waals surface area contributed by atoms with Crippen molar-refractivity contribution in [1.82, 2.24) is 5.32 Å². The van der Waals surface area contributed by atoms with Crippen LogP contribution in [0.2, 0.25) is 0 Å². The van der Waals surface area contributed by atoms with Gasteiger partial charge in [0.05, 0.1) is 0 Å². The van der Waals surface area contributed by atoms with Crippen molar-refractivity contribution in [3.05, 3.63) is 59.2 Å². The number of benzene rings is 2. The van der Waals surface area contributed by atoms with Crippen LogP contribution in [0.3, 0.4) is 0 Å². The number of hydrogen-bond acceptors (Lipinski definition) is 3. The molecule has 0 fully saturated rings. The molecule has 0 spiro atoms. The molecule has 0 radical (unpaired) electrons. The van der Waals surface area contributed by atoms with E-state index in [4.69, 9.17) is 9.47 Å². The Labute approximate surface area is 125 Å². The lowest BCUT2D eigenvalue weighted by Gasteiger charge is -2.19. The molecule has 0 aliphatic carbocycles. The SMILES string of the molecule is CCNC(Cc1ccc(C)cc1)c1ccc2c(c1)OCO2. The molecule has 1 N–H and O–H groups in total. The third-order valence-corrected chi connectivity index (χ3v) is 3.81. The maximum Gasteiger partial charge on any atom is 0.231 e. The molecular weight excluding hydrogens is 262 g/mol. The van der Waals surface area contributed by atoms with Crippen LogP contribution in [0.4, 0.5) is 0 Å². The van der Waals surface area contributed by atoms with E-state index in [1.165, 1.54) is 16.7 Å². The molecule has 110 valence electrons. The number of aryl methyl sites for hydroxylation is 1. The molecule has 0 amide bonds. The van der Waals surface area contributed by atoms with Crippen molar-refractivity contribution in [2.75, 3.05) is 13.3 Å². The monoisotopic (exact) mass is 283 g/mol. The van der Waals surface area contributed by atoms with Gasteiger partial charge in [-0.15, -0.1) is 0 Å². The molecular formula is C18H21NO2. The minimum absolute atomic E-state index is 0.284. The van der Waals surface area contributed by atoms with Crippen molar-refractivity contribution < 1.29 is 9.47 Å². The van der Waals surface area contributed by atoms with Crippen LogP contribution in [0.5, 0.6) is 11.5 Å². The maximum absolute atomic E-state index is 5.48. The zero-order valence-corrected chi connectivity index (χ0v) is 12.6. The highest BCUT2D eigenvalue weighted by atomic mass is 16.7. The van der Waals surface area contributed by atoms with E-state index in [2.05, 4.69) is 55.6 Å². The molecule has 3 heteroatoms. The lowest BCUT2D eigenvalue weighted by Crippen LogP contribution is -2.22. The highest BCUT2D eigenvalue weighted by molar-refractivity contribution is 5.45. The third kappa shape index (κ3) is 3.19. The van der Waals surface area contributed by atoms with Gasteiger partial charge in [-0.25, -0.2) is 0 Å². The Bertz CT molecular complexity index is 607. The number of likely N-dealkylation sites (N-methyl/N-ethyl adjacent to an activating group) is 1. The first kappa shape index (κ1) is 14.0. The summed E-state index contributed by atoms with van der Waals surface area (Å²) in [6, 6.07) is 15.2. The third-order valence-electron chi connectivity index (χ3n) is 3.81. The van der Waals surface area contributed by atoms with Gasteiger partial charge in [0.15, 0.2) is 11.5 Å². The van der Waals surface area contributed by atoms with Gasteiger partial charge in [0, 0.05) is 6.04 Å². The highest BCUT2D eigenvalue weighted by Crippen LogP contribution is 2.34. The van der Waals surface area contributed by atoms with Crippen LogP contribution in [0.1, 0.15) is 29.7 Å². The van der Waals surface area contributed by atoms with Gasteiger partial charge >= 0.3 is 0 Å². The van der Waals surface area contributed by atoms with Gasteiger partial charge in [0.25, 0.3) is 0 Å². The Hall–Kier alpha value is -2.00. The van der Waals surface area contributed by atoms with E-state index in [1.54, 1.807) is 0 Å². The summed E-state index contributed by atoms with van der Waals surface area (Å²) in [5.74, 6) is 1.68. The number of ether oxygens (including phenoxy) is 2. The van der Waals surface area contributed by atoms with Gasteiger partial charge in [-0.2, -0.15) is 0 Å². The average molecular weight is 283 g/mol. The van der Waals surface area contributed by atoms with Crippen molar-refractivity contribution in [2.45, 2.75) is 26.3 Å². The predicted molar refractivity (Wildman–Crippen MR) is 83.9 cm³/mol. The van der Waals surface area contributed by atoms with Crippen LogP contribution in [-0.4, -0.2) is 13.3 Å². The largest absolute Gasteiger partial charge is 0.454 e. The summed E-state index contributed by atoms with van der Waals surface area (Å²) in [5.41, 5.74) is 3.87. The Morgan fingerprint density at radius 1 is 1.05 bits per heavy atom. The van der Waals surface area contributed by atoms with Gasteiger partial charge in [0.2, 0.25) is 6.79 Å². The molecule has 1 aliphatic rings. The maximum atomic E-state index is 5.48. The molecule has 3 rings (SSSR count). The molecule has 21 heavy (non-hydrogen) atoms. The van der Waals surface area contributed by atoms with E-state index < -0.39 is 0 Å². The standard InChI is InChI=1S/C18H21NO2/c1-3-19-16(10-14-6-4-13(2)5-7-14)15-8-9-17-18(11-15)21-12-20-17/h4-9,11,16,19H,3,10,12H2,1-2H3. The second-order valence-corrected chi connectivity index (χ2v) is 5.41. The minimum atomic E-state index is 0.284. The van der Waals surface area contributed by atoms with E-state index in [9.17, 15) is 0 Å². The van der Waals surface area contributed by atoms with Crippen molar-refractivity contribution in [3.63, 3.8) is 0 Å². The normalized spacial score (nSPS) is 14.2.